The molecule has 0 fully saturated rings. The molecule has 3 rings (SSSR count). The number of rotatable bonds is 3. The van der Waals surface area contributed by atoms with Crippen LogP contribution in [0, 0.1) is 0 Å². The van der Waals surface area contributed by atoms with Gasteiger partial charge in [-0.25, -0.2) is 0 Å². The fraction of sp³-hybridized carbons (Fsp3) is 0.0588. The minimum Gasteiger partial charge on any atom is -0.488 e. The fourth-order valence-electron chi connectivity index (χ4n) is 2.33. The van der Waals surface area contributed by atoms with Gasteiger partial charge in [0.2, 0.25) is 0 Å². The lowest BCUT2D eigenvalue weighted by Crippen LogP contribution is -2.10. The first kappa shape index (κ1) is 12.4. The average molecular weight is 264 g/mol. The molecular weight excluding hydrogens is 252 g/mol. The van der Waals surface area contributed by atoms with Gasteiger partial charge in [0.05, 0.1) is 6.26 Å². The Balaban J connectivity index is 2.03. The molecule has 1 unspecified atom stereocenters. The van der Waals surface area contributed by atoms with Crippen LogP contribution in [0.3, 0.4) is 0 Å². The van der Waals surface area contributed by atoms with Crippen LogP contribution in [0.1, 0.15) is 11.7 Å². The molecule has 0 bridgehead atoms. The lowest BCUT2D eigenvalue weighted by atomic mass is 9.96. The van der Waals surface area contributed by atoms with Crippen molar-refractivity contribution in [2.24, 2.45) is 0 Å². The summed E-state index contributed by atoms with van der Waals surface area (Å²) in [6.07, 6.45) is 3.89. The first-order valence-electron chi connectivity index (χ1n) is 6.28. The van der Waals surface area contributed by atoms with Crippen LogP contribution in [0.4, 0.5) is 0 Å². The monoisotopic (exact) mass is 264 g/mol. The molecule has 1 atom stereocenters. The SMILES string of the molecule is O=CC1=COC(c2ccc3ccccc3c2)C(C=O)=C1. The van der Waals surface area contributed by atoms with Crippen LogP contribution in [-0.4, -0.2) is 12.6 Å². The number of hydrogen-bond acceptors (Lipinski definition) is 3. The van der Waals surface area contributed by atoms with E-state index in [1.165, 1.54) is 6.26 Å². The minimum absolute atomic E-state index is 0.365. The number of carbonyl (C=O) groups excluding carboxylic acids is 2. The van der Waals surface area contributed by atoms with E-state index in [-0.39, 0.29) is 0 Å². The molecule has 0 aliphatic carbocycles. The highest BCUT2D eigenvalue weighted by molar-refractivity contribution is 5.86. The third kappa shape index (κ3) is 2.14. The number of allylic oxidation sites excluding steroid dienone is 2. The normalized spacial score (nSPS) is 17.9. The highest BCUT2D eigenvalue weighted by Gasteiger charge is 2.21. The van der Waals surface area contributed by atoms with E-state index in [0.29, 0.717) is 17.4 Å². The lowest BCUT2D eigenvalue weighted by Gasteiger charge is -2.21. The van der Waals surface area contributed by atoms with E-state index in [9.17, 15) is 9.59 Å². The van der Waals surface area contributed by atoms with Gasteiger partial charge in [0.25, 0.3) is 0 Å². The van der Waals surface area contributed by atoms with Gasteiger partial charge in [-0.05, 0) is 28.5 Å². The first-order chi connectivity index (χ1) is 9.81. The quantitative estimate of drug-likeness (QED) is 0.800. The van der Waals surface area contributed by atoms with Crippen molar-refractivity contribution in [3.05, 3.63) is 71.5 Å². The Morgan fingerprint density at radius 1 is 0.950 bits per heavy atom. The van der Waals surface area contributed by atoms with Crippen molar-refractivity contribution in [2.75, 3.05) is 0 Å². The summed E-state index contributed by atoms with van der Waals surface area (Å²) in [5, 5.41) is 2.22. The zero-order valence-electron chi connectivity index (χ0n) is 10.7. The highest BCUT2D eigenvalue weighted by Crippen LogP contribution is 2.31. The van der Waals surface area contributed by atoms with Crippen LogP contribution in [0.5, 0.6) is 0 Å². The van der Waals surface area contributed by atoms with Gasteiger partial charge in [0, 0.05) is 11.1 Å². The molecule has 98 valence electrons. The van der Waals surface area contributed by atoms with Crippen LogP contribution in [0.25, 0.3) is 10.8 Å². The molecule has 1 aliphatic heterocycles. The van der Waals surface area contributed by atoms with Crippen LogP contribution in [-0.2, 0) is 14.3 Å². The van der Waals surface area contributed by atoms with Gasteiger partial charge in [-0.3, -0.25) is 9.59 Å². The highest BCUT2D eigenvalue weighted by atomic mass is 16.5. The van der Waals surface area contributed by atoms with Gasteiger partial charge >= 0.3 is 0 Å². The smallest absolute Gasteiger partial charge is 0.153 e. The van der Waals surface area contributed by atoms with Crippen molar-refractivity contribution in [1.29, 1.82) is 0 Å². The molecule has 0 N–H and O–H groups in total. The third-order valence-electron chi connectivity index (χ3n) is 3.32. The topological polar surface area (TPSA) is 43.4 Å². The summed E-state index contributed by atoms with van der Waals surface area (Å²) in [4.78, 5) is 21.9. The Morgan fingerprint density at radius 3 is 2.50 bits per heavy atom. The molecule has 3 nitrogen and oxygen atoms in total. The summed E-state index contributed by atoms with van der Waals surface area (Å²) in [7, 11) is 0. The molecule has 0 saturated heterocycles. The Morgan fingerprint density at radius 2 is 1.75 bits per heavy atom. The molecule has 2 aromatic carbocycles. The number of hydrogen-bond donors (Lipinski definition) is 0. The number of fused-ring (bicyclic) bond motifs is 1. The summed E-state index contributed by atoms with van der Waals surface area (Å²) in [6, 6.07) is 13.9. The largest absolute Gasteiger partial charge is 0.488 e. The molecule has 2 aromatic rings. The summed E-state index contributed by atoms with van der Waals surface area (Å²) in [5.41, 5.74) is 1.71. The van der Waals surface area contributed by atoms with Crippen molar-refractivity contribution in [3.8, 4) is 0 Å². The predicted molar refractivity (Wildman–Crippen MR) is 76.1 cm³/mol. The van der Waals surface area contributed by atoms with E-state index in [4.69, 9.17) is 4.74 Å². The van der Waals surface area contributed by atoms with Gasteiger partial charge in [-0.1, -0.05) is 36.4 Å². The molecule has 1 aliphatic rings. The van der Waals surface area contributed by atoms with Crippen LogP contribution in [0.15, 0.2) is 65.9 Å². The molecule has 0 aromatic heterocycles. The second-order valence-corrected chi connectivity index (χ2v) is 4.62. The predicted octanol–water partition coefficient (Wildman–Crippen LogP) is 3.12. The number of aldehydes is 2. The fourth-order valence-corrected chi connectivity index (χ4v) is 2.33. The van der Waals surface area contributed by atoms with E-state index in [1.807, 2.05) is 42.5 Å². The number of benzene rings is 2. The summed E-state index contributed by atoms with van der Waals surface area (Å²) in [5.74, 6) is 0. The zero-order chi connectivity index (χ0) is 13.9. The van der Waals surface area contributed by atoms with Crippen LogP contribution >= 0.6 is 0 Å². The maximum absolute atomic E-state index is 11.2. The summed E-state index contributed by atoms with van der Waals surface area (Å²) < 4.78 is 5.53. The third-order valence-corrected chi connectivity index (χ3v) is 3.32. The number of carbonyl (C=O) groups is 2. The maximum atomic E-state index is 11.2. The van der Waals surface area contributed by atoms with Crippen molar-refractivity contribution in [1.82, 2.24) is 0 Å². The van der Waals surface area contributed by atoms with E-state index < -0.39 is 6.10 Å². The molecule has 0 amide bonds. The van der Waals surface area contributed by atoms with Crippen molar-refractivity contribution in [2.45, 2.75) is 6.10 Å². The van der Waals surface area contributed by atoms with Gasteiger partial charge in [0.15, 0.2) is 12.4 Å². The van der Waals surface area contributed by atoms with Gasteiger partial charge < -0.3 is 4.74 Å². The molecule has 3 heteroatoms. The lowest BCUT2D eigenvalue weighted by molar-refractivity contribution is -0.105. The van der Waals surface area contributed by atoms with Gasteiger partial charge in [0.1, 0.15) is 6.29 Å². The molecule has 1 heterocycles. The molecule has 0 radical (unpaired) electrons. The van der Waals surface area contributed by atoms with Gasteiger partial charge in [-0.2, -0.15) is 0 Å². The molecule has 0 spiro atoms. The van der Waals surface area contributed by atoms with Gasteiger partial charge in [-0.15, -0.1) is 0 Å². The van der Waals surface area contributed by atoms with Crippen LogP contribution in [0.2, 0.25) is 0 Å². The Hall–Kier alpha value is -2.68. The molecular formula is C17H12O3. The Bertz CT molecular complexity index is 741. The maximum Gasteiger partial charge on any atom is 0.153 e. The second-order valence-electron chi connectivity index (χ2n) is 4.62. The Labute approximate surface area is 116 Å². The van der Waals surface area contributed by atoms with E-state index in [0.717, 1.165) is 22.6 Å². The van der Waals surface area contributed by atoms with Crippen molar-refractivity contribution >= 4 is 23.3 Å². The van der Waals surface area contributed by atoms with E-state index >= 15 is 0 Å². The van der Waals surface area contributed by atoms with Crippen molar-refractivity contribution < 1.29 is 14.3 Å². The second kappa shape index (κ2) is 5.13. The standard InChI is InChI=1S/C17H12O3/c18-9-12-7-16(10-19)17(20-11-12)15-6-5-13-3-1-2-4-14(13)8-15/h1-11,17H. The summed E-state index contributed by atoms with van der Waals surface area (Å²) >= 11 is 0. The van der Waals surface area contributed by atoms with E-state index in [1.54, 1.807) is 6.08 Å². The molecule has 20 heavy (non-hydrogen) atoms. The van der Waals surface area contributed by atoms with Crippen LogP contribution < -0.4 is 0 Å². The Kier molecular flexibility index (Phi) is 3.17. The first-order valence-corrected chi connectivity index (χ1v) is 6.28. The average Bonchev–Trinajstić information content (AvgIpc) is 2.53. The molecule has 0 saturated carbocycles. The minimum atomic E-state index is -0.458. The van der Waals surface area contributed by atoms with E-state index in [2.05, 4.69) is 0 Å². The van der Waals surface area contributed by atoms with Crippen molar-refractivity contribution in [3.63, 3.8) is 0 Å². The number of ether oxygens (including phenoxy) is 1. The zero-order valence-corrected chi connectivity index (χ0v) is 10.7. The summed E-state index contributed by atoms with van der Waals surface area (Å²) in [6.45, 7) is 0.